The van der Waals surface area contributed by atoms with E-state index in [-0.39, 0.29) is 22.3 Å². The smallest absolute Gasteiger partial charge is 0.338 e. The quantitative estimate of drug-likeness (QED) is 0.790. The van der Waals surface area contributed by atoms with Gasteiger partial charge in [-0.05, 0) is 49.4 Å². The van der Waals surface area contributed by atoms with Crippen LogP contribution in [0.3, 0.4) is 0 Å². The van der Waals surface area contributed by atoms with Gasteiger partial charge in [-0.3, -0.25) is 4.72 Å². The number of carbonyl (C=O) groups is 1. The van der Waals surface area contributed by atoms with Gasteiger partial charge in [-0.25, -0.2) is 13.2 Å². The van der Waals surface area contributed by atoms with Crippen LogP contribution in [0.4, 0.5) is 5.69 Å². The standard InChI is InChI=1S/C16H16ClNO5S/c1-3-23-16(19)11-4-7-13(8-5-11)18-24(20,21)15-10-12(17)6-9-14(15)22-2/h4-10,18H,3H2,1-2H3. The summed E-state index contributed by atoms with van der Waals surface area (Å²) in [5.41, 5.74) is 0.630. The van der Waals surface area contributed by atoms with Crippen molar-refractivity contribution in [3.63, 3.8) is 0 Å². The number of sulfonamides is 1. The minimum Gasteiger partial charge on any atom is -0.495 e. The second-order valence-electron chi connectivity index (χ2n) is 4.70. The van der Waals surface area contributed by atoms with Crippen LogP contribution >= 0.6 is 11.6 Å². The molecule has 1 N–H and O–H groups in total. The molecular weight excluding hydrogens is 354 g/mol. The summed E-state index contributed by atoms with van der Waals surface area (Å²) >= 11 is 5.87. The number of methoxy groups -OCH3 is 1. The molecule has 2 rings (SSSR count). The van der Waals surface area contributed by atoms with Crippen LogP contribution in [0.25, 0.3) is 0 Å². The van der Waals surface area contributed by atoms with Gasteiger partial charge in [-0.2, -0.15) is 0 Å². The topological polar surface area (TPSA) is 81.7 Å². The van der Waals surface area contributed by atoms with Crippen LogP contribution < -0.4 is 9.46 Å². The van der Waals surface area contributed by atoms with Gasteiger partial charge < -0.3 is 9.47 Å². The number of hydrogen-bond donors (Lipinski definition) is 1. The molecule has 2 aromatic rings. The third-order valence-corrected chi connectivity index (χ3v) is 4.70. The lowest BCUT2D eigenvalue weighted by molar-refractivity contribution is 0.0526. The maximum atomic E-state index is 12.5. The summed E-state index contributed by atoms with van der Waals surface area (Å²) in [4.78, 5) is 11.5. The van der Waals surface area contributed by atoms with Crippen LogP contribution in [0, 0.1) is 0 Å². The first-order valence-corrected chi connectivity index (χ1v) is 8.87. The van der Waals surface area contributed by atoms with E-state index in [1.54, 1.807) is 6.92 Å². The zero-order chi connectivity index (χ0) is 17.7. The van der Waals surface area contributed by atoms with Crippen LogP contribution in [0.2, 0.25) is 5.02 Å². The molecule has 0 saturated carbocycles. The van der Waals surface area contributed by atoms with Crippen molar-refractivity contribution in [1.29, 1.82) is 0 Å². The Bertz CT molecular complexity index is 834. The highest BCUT2D eigenvalue weighted by Crippen LogP contribution is 2.28. The van der Waals surface area contributed by atoms with Gasteiger partial charge in [0.05, 0.1) is 19.3 Å². The average molecular weight is 370 g/mol. The predicted molar refractivity (Wildman–Crippen MR) is 91.2 cm³/mol. The summed E-state index contributed by atoms with van der Waals surface area (Å²) < 4.78 is 37.4. The van der Waals surface area contributed by atoms with Gasteiger partial charge in [0, 0.05) is 10.7 Å². The fraction of sp³-hybridized carbons (Fsp3) is 0.188. The van der Waals surface area contributed by atoms with E-state index in [2.05, 4.69) is 4.72 Å². The number of carbonyl (C=O) groups excluding carboxylic acids is 1. The van der Waals surface area contributed by atoms with Gasteiger partial charge in [0.2, 0.25) is 0 Å². The third kappa shape index (κ3) is 4.18. The van der Waals surface area contributed by atoms with Crippen molar-refractivity contribution < 1.29 is 22.7 Å². The Morgan fingerprint density at radius 2 is 1.83 bits per heavy atom. The molecule has 0 aliphatic heterocycles. The van der Waals surface area contributed by atoms with Crippen LogP contribution in [-0.2, 0) is 14.8 Å². The number of esters is 1. The molecule has 0 heterocycles. The van der Waals surface area contributed by atoms with E-state index in [0.29, 0.717) is 11.3 Å². The zero-order valence-electron chi connectivity index (χ0n) is 13.1. The SMILES string of the molecule is CCOC(=O)c1ccc(NS(=O)(=O)c2cc(Cl)ccc2OC)cc1. The molecule has 2 aromatic carbocycles. The van der Waals surface area contributed by atoms with Crippen LogP contribution in [0.5, 0.6) is 5.75 Å². The molecule has 6 nitrogen and oxygen atoms in total. The van der Waals surface area contributed by atoms with E-state index in [1.165, 1.54) is 49.6 Å². The highest BCUT2D eigenvalue weighted by Gasteiger charge is 2.20. The number of anilines is 1. The maximum absolute atomic E-state index is 12.5. The number of hydrogen-bond acceptors (Lipinski definition) is 5. The lowest BCUT2D eigenvalue weighted by Crippen LogP contribution is -2.14. The minimum absolute atomic E-state index is 0.0769. The van der Waals surface area contributed by atoms with Crippen molar-refractivity contribution in [3.05, 3.63) is 53.1 Å². The normalized spacial score (nSPS) is 11.0. The summed E-state index contributed by atoms with van der Waals surface area (Å²) in [7, 11) is -2.53. The van der Waals surface area contributed by atoms with E-state index in [0.717, 1.165) is 0 Å². The Balaban J connectivity index is 2.27. The van der Waals surface area contributed by atoms with Gasteiger partial charge >= 0.3 is 5.97 Å². The molecule has 0 saturated heterocycles. The molecular formula is C16H16ClNO5S. The molecule has 0 amide bonds. The van der Waals surface area contributed by atoms with E-state index < -0.39 is 16.0 Å². The molecule has 128 valence electrons. The van der Waals surface area contributed by atoms with Crippen molar-refractivity contribution in [1.82, 2.24) is 0 Å². The first kappa shape index (κ1) is 18.1. The molecule has 0 aromatic heterocycles. The number of nitrogens with one attached hydrogen (secondary N) is 1. The summed E-state index contributed by atoms with van der Waals surface area (Å²) in [6, 6.07) is 10.2. The van der Waals surface area contributed by atoms with Gasteiger partial charge in [0.25, 0.3) is 10.0 Å². The Morgan fingerprint density at radius 3 is 2.42 bits per heavy atom. The van der Waals surface area contributed by atoms with Crippen molar-refractivity contribution in [2.45, 2.75) is 11.8 Å². The lowest BCUT2D eigenvalue weighted by Gasteiger charge is -2.12. The monoisotopic (exact) mass is 369 g/mol. The van der Waals surface area contributed by atoms with Gasteiger partial charge in [0.1, 0.15) is 10.6 Å². The number of halogens is 1. The fourth-order valence-corrected chi connectivity index (χ4v) is 3.45. The Morgan fingerprint density at radius 1 is 1.17 bits per heavy atom. The Labute approximate surface area is 145 Å². The van der Waals surface area contributed by atoms with Crippen LogP contribution in [-0.4, -0.2) is 28.1 Å². The molecule has 0 spiro atoms. The molecule has 0 aliphatic rings. The summed E-state index contributed by atoms with van der Waals surface area (Å²) in [6.45, 7) is 1.97. The van der Waals surface area contributed by atoms with E-state index in [9.17, 15) is 13.2 Å². The van der Waals surface area contributed by atoms with Gasteiger partial charge in [-0.15, -0.1) is 0 Å². The largest absolute Gasteiger partial charge is 0.495 e. The highest BCUT2D eigenvalue weighted by molar-refractivity contribution is 7.92. The fourth-order valence-electron chi connectivity index (χ4n) is 1.96. The third-order valence-electron chi connectivity index (χ3n) is 3.06. The first-order valence-electron chi connectivity index (χ1n) is 7.01. The van der Waals surface area contributed by atoms with Crippen LogP contribution in [0.15, 0.2) is 47.4 Å². The lowest BCUT2D eigenvalue weighted by atomic mass is 10.2. The van der Waals surface area contributed by atoms with Crippen molar-refractivity contribution >= 4 is 33.3 Å². The van der Waals surface area contributed by atoms with Crippen molar-refractivity contribution in [3.8, 4) is 5.75 Å². The first-order chi connectivity index (χ1) is 11.4. The molecule has 8 heteroatoms. The number of ether oxygens (including phenoxy) is 2. The van der Waals surface area contributed by atoms with Gasteiger partial charge in [0.15, 0.2) is 0 Å². The van der Waals surface area contributed by atoms with E-state index >= 15 is 0 Å². The van der Waals surface area contributed by atoms with E-state index in [1.807, 2.05) is 0 Å². The molecule has 24 heavy (non-hydrogen) atoms. The van der Waals surface area contributed by atoms with Crippen molar-refractivity contribution in [2.24, 2.45) is 0 Å². The minimum atomic E-state index is -3.90. The number of rotatable bonds is 6. The molecule has 0 atom stereocenters. The maximum Gasteiger partial charge on any atom is 0.338 e. The summed E-state index contributed by atoms with van der Waals surface area (Å²) in [5, 5.41) is 0.272. The molecule has 0 fully saturated rings. The van der Waals surface area contributed by atoms with E-state index in [4.69, 9.17) is 21.1 Å². The molecule has 0 aliphatic carbocycles. The zero-order valence-corrected chi connectivity index (χ0v) is 14.6. The van der Waals surface area contributed by atoms with Crippen molar-refractivity contribution in [2.75, 3.05) is 18.4 Å². The summed E-state index contributed by atoms with van der Waals surface area (Å²) in [5.74, 6) is -0.293. The Kier molecular flexibility index (Phi) is 5.69. The highest BCUT2D eigenvalue weighted by atomic mass is 35.5. The van der Waals surface area contributed by atoms with Gasteiger partial charge in [-0.1, -0.05) is 11.6 Å². The van der Waals surface area contributed by atoms with Crippen LogP contribution in [0.1, 0.15) is 17.3 Å². The molecule has 0 radical (unpaired) electrons. The average Bonchev–Trinajstić information content (AvgIpc) is 2.55. The summed E-state index contributed by atoms with van der Waals surface area (Å²) in [6.07, 6.45) is 0. The number of benzene rings is 2. The second kappa shape index (κ2) is 7.55. The molecule has 0 bridgehead atoms. The predicted octanol–water partition coefficient (Wildman–Crippen LogP) is 3.33. The Hall–Kier alpha value is -2.25. The second-order valence-corrected chi connectivity index (χ2v) is 6.79. The molecule has 0 unspecified atom stereocenters.